The summed E-state index contributed by atoms with van der Waals surface area (Å²) >= 11 is 6.05. The largest absolute Gasteiger partial charge is 0.352 e. The van der Waals surface area contributed by atoms with E-state index in [0.717, 1.165) is 19.3 Å². The fraction of sp³-hybridized carbons (Fsp3) is 0.316. The maximum Gasteiger partial charge on any atom is 0.251 e. The van der Waals surface area contributed by atoms with E-state index in [0.29, 0.717) is 22.7 Å². The van der Waals surface area contributed by atoms with Crippen LogP contribution >= 0.6 is 11.6 Å². The van der Waals surface area contributed by atoms with Gasteiger partial charge in [-0.1, -0.05) is 55.6 Å². The number of rotatable bonds is 9. The molecular weight excluding hydrogens is 372 g/mol. The van der Waals surface area contributed by atoms with E-state index in [9.17, 15) is 13.2 Å². The molecule has 0 saturated heterocycles. The summed E-state index contributed by atoms with van der Waals surface area (Å²) in [6.45, 7) is 2.75. The first-order valence-electron chi connectivity index (χ1n) is 8.55. The highest BCUT2D eigenvalue weighted by Crippen LogP contribution is 2.17. The number of halogens is 1. The zero-order chi connectivity index (χ0) is 19.0. The van der Waals surface area contributed by atoms with Crippen LogP contribution in [0.4, 0.5) is 0 Å². The fourth-order valence-corrected chi connectivity index (χ4v) is 3.64. The summed E-state index contributed by atoms with van der Waals surface area (Å²) in [5.74, 6) is -0.274. The first kappa shape index (κ1) is 20.4. The minimum Gasteiger partial charge on any atom is -0.352 e. The van der Waals surface area contributed by atoms with E-state index in [2.05, 4.69) is 17.0 Å². The molecule has 140 valence electrons. The van der Waals surface area contributed by atoms with Crippen molar-refractivity contribution in [3.8, 4) is 0 Å². The molecule has 0 aromatic heterocycles. The summed E-state index contributed by atoms with van der Waals surface area (Å²) < 4.78 is 27.5. The van der Waals surface area contributed by atoms with Gasteiger partial charge in [0.1, 0.15) is 0 Å². The van der Waals surface area contributed by atoms with Crippen LogP contribution in [0.5, 0.6) is 0 Å². The van der Waals surface area contributed by atoms with Crippen molar-refractivity contribution in [2.45, 2.75) is 37.6 Å². The third-order valence-electron chi connectivity index (χ3n) is 3.88. The molecule has 1 amide bonds. The highest BCUT2D eigenvalue weighted by Gasteiger charge is 2.16. The molecule has 0 heterocycles. The molecule has 0 aliphatic heterocycles. The van der Waals surface area contributed by atoms with Crippen LogP contribution in [0, 0.1) is 0 Å². The first-order chi connectivity index (χ1) is 12.4. The lowest BCUT2D eigenvalue weighted by atomic mass is 10.2. The summed E-state index contributed by atoms with van der Waals surface area (Å²) in [4.78, 5) is 12.2. The Labute approximate surface area is 159 Å². The monoisotopic (exact) mass is 394 g/mol. The average Bonchev–Trinajstić information content (AvgIpc) is 2.64. The van der Waals surface area contributed by atoms with Crippen molar-refractivity contribution in [3.63, 3.8) is 0 Å². The number of carbonyl (C=O) groups is 1. The van der Waals surface area contributed by atoms with Crippen molar-refractivity contribution >= 4 is 27.5 Å². The Balaban J connectivity index is 2.05. The molecule has 0 aliphatic carbocycles. The molecule has 26 heavy (non-hydrogen) atoms. The molecule has 0 unspecified atom stereocenters. The number of amides is 1. The quantitative estimate of drug-likeness (QED) is 0.636. The fourth-order valence-electron chi connectivity index (χ4n) is 2.38. The van der Waals surface area contributed by atoms with Crippen LogP contribution in [-0.4, -0.2) is 20.9 Å². The van der Waals surface area contributed by atoms with E-state index in [1.165, 1.54) is 12.1 Å². The molecule has 0 bridgehead atoms. The van der Waals surface area contributed by atoms with Gasteiger partial charge in [-0.05, 0) is 36.2 Å². The molecule has 7 heteroatoms. The summed E-state index contributed by atoms with van der Waals surface area (Å²) in [5.41, 5.74) is 1.00. The van der Waals surface area contributed by atoms with Crippen LogP contribution in [0.1, 0.15) is 42.1 Å². The van der Waals surface area contributed by atoms with Crippen LogP contribution in [0.15, 0.2) is 53.4 Å². The summed E-state index contributed by atoms with van der Waals surface area (Å²) in [6, 6.07) is 13.0. The normalized spacial score (nSPS) is 11.3. The Morgan fingerprint density at radius 2 is 1.85 bits per heavy atom. The van der Waals surface area contributed by atoms with E-state index >= 15 is 0 Å². The highest BCUT2D eigenvalue weighted by molar-refractivity contribution is 7.89. The van der Waals surface area contributed by atoms with Gasteiger partial charge in [0, 0.05) is 23.7 Å². The van der Waals surface area contributed by atoms with Crippen molar-refractivity contribution in [1.29, 1.82) is 0 Å². The standard InChI is InChI=1S/C19H23ClN2O3S/c1-2-3-6-12-21-19(23)15-9-7-10-17(13-15)26(24,25)22-14-16-8-4-5-11-18(16)20/h4-5,7-11,13,22H,2-3,6,12,14H2,1H3,(H,21,23). The molecule has 2 rings (SSSR count). The maximum absolute atomic E-state index is 12.5. The van der Waals surface area contributed by atoms with Gasteiger partial charge in [0.05, 0.1) is 4.90 Å². The Kier molecular flexibility index (Phi) is 7.63. The molecular formula is C19H23ClN2O3S. The minimum atomic E-state index is -3.75. The third kappa shape index (κ3) is 5.83. The van der Waals surface area contributed by atoms with E-state index in [1.807, 2.05) is 0 Å². The average molecular weight is 395 g/mol. The van der Waals surface area contributed by atoms with Crippen LogP contribution < -0.4 is 10.0 Å². The topological polar surface area (TPSA) is 75.3 Å². The van der Waals surface area contributed by atoms with E-state index < -0.39 is 10.0 Å². The molecule has 0 radical (unpaired) electrons. The predicted octanol–water partition coefficient (Wildman–Crippen LogP) is 3.74. The second-order valence-electron chi connectivity index (χ2n) is 5.91. The summed E-state index contributed by atoms with van der Waals surface area (Å²) in [6.07, 6.45) is 3.01. The number of hydrogen-bond donors (Lipinski definition) is 2. The summed E-state index contributed by atoms with van der Waals surface area (Å²) in [5, 5.41) is 3.30. The van der Waals surface area contributed by atoms with Gasteiger partial charge in [-0.25, -0.2) is 13.1 Å². The van der Waals surface area contributed by atoms with Crippen molar-refractivity contribution < 1.29 is 13.2 Å². The number of unbranched alkanes of at least 4 members (excludes halogenated alkanes) is 2. The zero-order valence-electron chi connectivity index (χ0n) is 14.7. The van der Waals surface area contributed by atoms with Crippen molar-refractivity contribution in [2.24, 2.45) is 0 Å². The molecule has 0 spiro atoms. The van der Waals surface area contributed by atoms with E-state index in [4.69, 9.17) is 11.6 Å². The maximum atomic E-state index is 12.5. The molecule has 0 fully saturated rings. The molecule has 2 aromatic carbocycles. The van der Waals surface area contributed by atoms with Crippen LogP contribution in [-0.2, 0) is 16.6 Å². The van der Waals surface area contributed by atoms with Crippen LogP contribution in [0.25, 0.3) is 0 Å². The predicted molar refractivity (Wildman–Crippen MR) is 104 cm³/mol. The second kappa shape index (κ2) is 9.71. The smallest absolute Gasteiger partial charge is 0.251 e. The highest BCUT2D eigenvalue weighted by atomic mass is 35.5. The Hall–Kier alpha value is -1.89. The molecule has 0 saturated carbocycles. The summed E-state index contributed by atoms with van der Waals surface area (Å²) in [7, 11) is -3.75. The van der Waals surface area contributed by atoms with Crippen molar-refractivity contribution in [2.75, 3.05) is 6.54 Å². The number of sulfonamides is 1. The van der Waals surface area contributed by atoms with Gasteiger partial charge in [0.2, 0.25) is 10.0 Å². The SMILES string of the molecule is CCCCCNC(=O)c1cccc(S(=O)(=O)NCc2ccccc2Cl)c1. The lowest BCUT2D eigenvalue weighted by molar-refractivity contribution is 0.0952. The molecule has 2 aromatic rings. The van der Waals surface area contributed by atoms with Gasteiger partial charge < -0.3 is 5.32 Å². The van der Waals surface area contributed by atoms with Gasteiger partial charge >= 0.3 is 0 Å². The van der Waals surface area contributed by atoms with E-state index in [1.54, 1.807) is 36.4 Å². The lowest BCUT2D eigenvalue weighted by Crippen LogP contribution is -2.26. The van der Waals surface area contributed by atoms with Crippen molar-refractivity contribution in [1.82, 2.24) is 10.0 Å². The number of carbonyl (C=O) groups excluding carboxylic acids is 1. The second-order valence-corrected chi connectivity index (χ2v) is 8.08. The number of benzene rings is 2. The molecule has 2 N–H and O–H groups in total. The molecule has 5 nitrogen and oxygen atoms in total. The number of nitrogens with one attached hydrogen (secondary N) is 2. The molecule has 0 atom stereocenters. The minimum absolute atomic E-state index is 0.0470. The Morgan fingerprint density at radius 3 is 2.58 bits per heavy atom. The Bertz CT molecular complexity index is 853. The van der Waals surface area contributed by atoms with Gasteiger partial charge in [-0.3, -0.25) is 4.79 Å². The first-order valence-corrected chi connectivity index (χ1v) is 10.4. The van der Waals surface area contributed by atoms with Crippen LogP contribution in [0.2, 0.25) is 5.02 Å². The van der Waals surface area contributed by atoms with Gasteiger partial charge in [-0.15, -0.1) is 0 Å². The van der Waals surface area contributed by atoms with Crippen LogP contribution in [0.3, 0.4) is 0 Å². The van der Waals surface area contributed by atoms with Gasteiger partial charge in [-0.2, -0.15) is 0 Å². The zero-order valence-corrected chi connectivity index (χ0v) is 16.2. The third-order valence-corrected chi connectivity index (χ3v) is 5.65. The van der Waals surface area contributed by atoms with E-state index in [-0.39, 0.29) is 17.3 Å². The lowest BCUT2D eigenvalue weighted by Gasteiger charge is -2.10. The molecule has 0 aliphatic rings. The van der Waals surface area contributed by atoms with Gasteiger partial charge in [0.15, 0.2) is 0 Å². The van der Waals surface area contributed by atoms with Crippen molar-refractivity contribution in [3.05, 3.63) is 64.7 Å². The van der Waals surface area contributed by atoms with Gasteiger partial charge in [0.25, 0.3) is 5.91 Å². The Morgan fingerprint density at radius 1 is 1.08 bits per heavy atom. The number of hydrogen-bond acceptors (Lipinski definition) is 3.